The second kappa shape index (κ2) is 6.68. The van der Waals surface area contributed by atoms with Gasteiger partial charge in [0.2, 0.25) is 10.0 Å². The summed E-state index contributed by atoms with van der Waals surface area (Å²) in [6.07, 6.45) is 0.518. The van der Waals surface area contributed by atoms with E-state index in [4.69, 9.17) is 0 Å². The number of piperazine rings is 1. The molecule has 1 fully saturated rings. The summed E-state index contributed by atoms with van der Waals surface area (Å²) in [5, 5.41) is 0. The third-order valence-electron chi connectivity index (χ3n) is 4.02. The fraction of sp³-hybridized carbons (Fsp3) is 0.533. The number of carbonyl (C=O) groups is 1. The van der Waals surface area contributed by atoms with Crippen molar-refractivity contribution < 1.29 is 13.2 Å². The van der Waals surface area contributed by atoms with Crippen LogP contribution < -0.4 is 0 Å². The van der Waals surface area contributed by atoms with Crippen molar-refractivity contribution in [1.82, 2.24) is 9.21 Å². The molecule has 0 aromatic heterocycles. The Bertz CT molecular complexity index is 578. The normalized spacial score (nSPS) is 19.3. The zero-order valence-corrected chi connectivity index (χ0v) is 13.3. The summed E-state index contributed by atoms with van der Waals surface area (Å²) in [4.78, 5) is 14.1. The summed E-state index contributed by atoms with van der Waals surface area (Å²) in [5.41, 5.74) is 0. The van der Waals surface area contributed by atoms with E-state index < -0.39 is 10.0 Å². The van der Waals surface area contributed by atoms with E-state index in [0.717, 1.165) is 0 Å². The molecule has 1 aromatic carbocycles. The first-order chi connectivity index (χ1) is 9.96. The molecular weight excluding hydrogens is 288 g/mol. The fourth-order valence-electron chi connectivity index (χ4n) is 2.57. The van der Waals surface area contributed by atoms with Crippen LogP contribution in [0.15, 0.2) is 35.2 Å². The highest BCUT2D eigenvalue weighted by atomic mass is 32.2. The van der Waals surface area contributed by atoms with Gasteiger partial charge in [-0.1, -0.05) is 25.1 Å². The summed E-state index contributed by atoms with van der Waals surface area (Å²) < 4.78 is 26.5. The van der Waals surface area contributed by atoms with Gasteiger partial charge in [0.05, 0.1) is 10.9 Å². The van der Waals surface area contributed by atoms with Crippen molar-refractivity contribution in [3.05, 3.63) is 30.3 Å². The maximum Gasteiger partial charge on any atom is 0.243 e. The SMILES string of the molecule is CCC(=O)C(C)N1CCN(S(=O)(=O)c2ccccc2)CC1. The number of hydrogen-bond donors (Lipinski definition) is 0. The topological polar surface area (TPSA) is 57.7 Å². The van der Waals surface area contributed by atoms with Gasteiger partial charge in [0.15, 0.2) is 0 Å². The Kier molecular flexibility index (Phi) is 5.13. The number of ketones is 1. The molecule has 0 saturated carbocycles. The fourth-order valence-corrected chi connectivity index (χ4v) is 4.02. The minimum Gasteiger partial charge on any atom is -0.298 e. The standard InChI is InChI=1S/C15H22N2O3S/c1-3-15(18)13(2)16-9-11-17(12-10-16)21(19,20)14-7-5-4-6-8-14/h4-8,13H,3,9-12H2,1-2H3. The molecule has 0 aliphatic carbocycles. The molecule has 0 bridgehead atoms. The van der Waals surface area contributed by atoms with Gasteiger partial charge in [-0.3, -0.25) is 9.69 Å². The predicted octanol–water partition coefficient (Wildman–Crippen LogP) is 1.36. The molecule has 0 amide bonds. The Morgan fingerprint density at radius 1 is 1.14 bits per heavy atom. The highest BCUT2D eigenvalue weighted by molar-refractivity contribution is 7.89. The molecule has 1 heterocycles. The monoisotopic (exact) mass is 310 g/mol. The van der Waals surface area contributed by atoms with E-state index in [1.807, 2.05) is 13.8 Å². The van der Waals surface area contributed by atoms with E-state index in [9.17, 15) is 13.2 Å². The van der Waals surface area contributed by atoms with E-state index >= 15 is 0 Å². The number of rotatable bonds is 5. The first kappa shape index (κ1) is 16.1. The number of sulfonamides is 1. The Morgan fingerprint density at radius 3 is 2.24 bits per heavy atom. The predicted molar refractivity (Wildman–Crippen MR) is 81.5 cm³/mol. The largest absolute Gasteiger partial charge is 0.298 e. The van der Waals surface area contributed by atoms with Crippen molar-refractivity contribution in [3.63, 3.8) is 0 Å². The quantitative estimate of drug-likeness (QED) is 0.824. The van der Waals surface area contributed by atoms with Crippen molar-refractivity contribution in [2.24, 2.45) is 0 Å². The van der Waals surface area contributed by atoms with Crippen molar-refractivity contribution in [1.29, 1.82) is 0 Å². The van der Waals surface area contributed by atoms with Crippen LogP contribution in [-0.4, -0.2) is 55.6 Å². The number of Topliss-reactive ketones (excluding diaryl/α,β-unsaturated/α-hetero) is 1. The zero-order chi connectivity index (χ0) is 15.5. The minimum atomic E-state index is -3.42. The number of carbonyl (C=O) groups excluding carboxylic acids is 1. The van der Waals surface area contributed by atoms with Gasteiger partial charge in [0.1, 0.15) is 5.78 Å². The first-order valence-electron chi connectivity index (χ1n) is 7.28. The lowest BCUT2D eigenvalue weighted by atomic mass is 10.1. The van der Waals surface area contributed by atoms with Crippen LogP contribution in [0.5, 0.6) is 0 Å². The molecular formula is C15H22N2O3S. The third kappa shape index (κ3) is 3.51. The summed E-state index contributed by atoms with van der Waals surface area (Å²) in [5.74, 6) is 0.203. The maximum atomic E-state index is 12.5. The maximum absolute atomic E-state index is 12.5. The summed E-state index contributed by atoms with van der Waals surface area (Å²) in [7, 11) is -3.42. The van der Waals surface area contributed by atoms with Crippen LogP contribution >= 0.6 is 0 Å². The van der Waals surface area contributed by atoms with Crippen molar-refractivity contribution >= 4 is 15.8 Å². The summed E-state index contributed by atoms with van der Waals surface area (Å²) in [6.45, 7) is 5.80. The molecule has 1 aliphatic heterocycles. The van der Waals surface area contributed by atoms with Gasteiger partial charge in [0.25, 0.3) is 0 Å². The van der Waals surface area contributed by atoms with Crippen molar-refractivity contribution in [3.8, 4) is 0 Å². The molecule has 2 rings (SSSR count). The molecule has 1 unspecified atom stereocenters. The van der Waals surface area contributed by atoms with Gasteiger partial charge in [-0.05, 0) is 19.1 Å². The molecule has 21 heavy (non-hydrogen) atoms. The van der Waals surface area contributed by atoms with Crippen LogP contribution in [0.3, 0.4) is 0 Å². The molecule has 0 radical (unpaired) electrons. The second-order valence-corrected chi connectivity index (χ2v) is 7.19. The molecule has 0 N–H and O–H groups in total. The van der Waals surface area contributed by atoms with Crippen LogP contribution in [0.4, 0.5) is 0 Å². The third-order valence-corrected chi connectivity index (χ3v) is 5.93. The molecule has 0 spiro atoms. The van der Waals surface area contributed by atoms with E-state index in [-0.39, 0.29) is 11.8 Å². The van der Waals surface area contributed by atoms with Crippen molar-refractivity contribution in [2.45, 2.75) is 31.2 Å². The smallest absolute Gasteiger partial charge is 0.243 e. The second-order valence-electron chi connectivity index (χ2n) is 5.25. The Labute approximate surface area is 126 Å². The lowest BCUT2D eigenvalue weighted by Crippen LogP contribution is -2.52. The molecule has 1 aliphatic rings. The highest BCUT2D eigenvalue weighted by Gasteiger charge is 2.31. The Balaban J connectivity index is 2.03. The van der Waals surface area contributed by atoms with Gasteiger partial charge < -0.3 is 0 Å². The number of hydrogen-bond acceptors (Lipinski definition) is 4. The van der Waals surface area contributed by atoms with Gasteiger partial charge in [-0.25, -0.2) is 8.42 Å². The molecule has 5 nitrogen and oxygen atoms in total. The lowest BCUT2D eigenvalue weighted by molar-refractivity contribution is -0.123. The van der Waals surface area contributed by atoms with E-state index in [0.29, 0.717) is 37.5 Å². The van der Waals surface area contributed by atoms with Gasteiger partial charge in [-0.2, -0.15) is 4.31 Å². The van der Waals surface area contributed by atoms with E-state index in [1.165, 1.54) is 4.31 Å². The van der Waals surface area contributed by atoms with Gasteiger partial charge in [0, 0.05) is 32.6 Å². The Hall–Kier alpha value is -1.24. The minimum absolute atomic E-state index is 0.128. The zero-order valence-electron chi connectivity index (χ0n) is 12.5. The molecule has 1 saturated heterocycles. The average molecular weight is 310 g/mol. The lowest BCUT2D eigenvalue weighted by Gasteiger charge is -2.36. The van der Waals surface area contributed by atoms with E-state index in [2.05, 4.69) is 4.90 Å². The molecule has 6 heteroatoms. The summed E-state index contributed by atoms with van der Waals surface area (Å²) in [6, 6.07) is 8.36. The Morgan fingerprint density at radius 2 is 1.71 bits per heavy atom. The average Bonchev–Trinajstić information content (AvgIpc) is 2.54. The highest BCUT2D eigenvalue weighted by Crippen LogP contribution is 2.18. The van der Waals surface area contributed by atoms with E-state index in [1.54, 1.807) is 30.3 Å². The van der Waals surface area contributed by atoms with Gasteiger partial charge >= 0.3 is 0 Å². The summed E-state index contributed by atoms with van der Waals surface area (Å²) >= 11 is 0. The molecule has 116 valence electrons. The van der Waals surface area contributed by atoms with Crippen LogP contribution in [0.25, 0.3) is 0 Å². The number of benzene rings is 1. The molecule has 1 atom stereocenters. The van der Waals surface area contributed by atoms with Crippen LogP contribution in [0, 0.1) is 0 Å². The molecule has 1 aromatic rings. The number of nitrogens with zero attached hydrogens (tertiary/aromatic N) is 2. The van der Waals surface area contributed by atoms with Gasteiger partial charge in [-0.15, -0.1) is 0 Å². The first-order valence-corrected chi connectivity index (χ1v) is 8.72. The van der Waals surface area contributed by atoms with Crippen LogP contribution in [-0.2, 0) is 14.8 Å². The van der Waals surface area contributed by atoms with Crippen LogP contribution in [0.1, 0.15) is 20.3 Å². The van der Waals surface area contributed by atoms with Crippen molar-refractivity contribution in [2.75, 3.05) is 26.2 Å². The van der Waals surface area contributed by atoms with Crippen LogP contribution in [0.2, 0.25) is 0 Å².